The first-order valence-corrected chi connectivity index (χ1v) is 10.2. The van der Waals surface area contributed by atoms with Crippen LogP contribution in [0.1, 0.15) is 0 Å². The van der Waals surface area contributed by atoms with Gasteiger partial charge in [0.05, 0.1) is 5.75 Å². The average Bonchev–Trinajstić information content (AvgIpc) is 3.24. The van der Waals surface area contributed by atoms with Gasteiger partial charge in [0.15, 0.2) is 0 Å². The van der Waals surface area contributed by atoms with E-state index in [9.17, 15) is 4.79 Å². The number of aromatic nitrogens is 2. The Morgan fingerprint density at radius 1 is 0.862 bits per heavy atom. The van der Waals surface area contributed by atoms with Gasteiger partial charge in [0, 0.05) is 22.0 Å². The molecule has 3 aromatic carbocycles. The van der Waals surface area contributed by atoms with E-state index in [-0.39, 0.29) is 11.7 Å². The number of hydrogen-bond acceptors (Lipinski definition) is 5. The Bertz CT molecular complexity index is 1050. The summed E-state index contributed by atoms with van der Waals surface area (Å²) in [7, 11) is 0. The highest BCUT2D eigenvalue weighted by Gasteiger charge is 2.19. The van der Waals surface area contributed by atoms with Crippen LogP contribution in [-0.4, -0.2) is 21.9 Å². The van der Waals surface area contributed by atoms with Crippen LogP contribution in [0.5, 0.6) is 0 Å². The molecule has 4 rings (SSSR count). The van der Waals surface area contributed by atoms with Gasteiger partial charge in [-0.25, -0.2) is 0 Å². The summed E-state index contributed by atoms with van der Waals surface area (Å²) in [5.74, 6) is 0.463. The fourth-order valence-corrected chi connectivity index (χ4v) is 3.49. The van der Waals surface area contributed by atoms with Crippen molar-refractivity contribution in [2.45, 2.75) is 5.22 Å². The lowest BCUT2D eigenvalue weighted by Gasteiger charge is -2.22. The Morgan fingerprint density at radius 3 is 2.03 bits per heavy atom. The van der Waals surface area contributed by atoms with Gasteiger partial charge in [-0.3, -0.25) is 9.69 Å². The van der Waals surface area contributed by atoms with E-state index in [0.717, 1.165) is 16.9 Å². The molecule has 144 valence electrons. The van der Waals surface area contributed by atoms with E-state index < -0.39 is 0 Å². The second-order valence-electron chi connectivity index (χ2n) is 6.07. The molecular weight excluding hydrogens is 406 g/mol. The van der Waals surface area contributed by atoms with Crippen LogP contribution in [0.4, 0.5) is 11.4 Å². The average molecular weight is 422 g/mol. The predicted molar refractivity (Wildman–Crippen MR) is 115 cm³/mol. The second kappa shape index (κ2) is 8.94. The molecule has 1 amide bonds. The van der Waals surface area contributed by atoms with Crippen molar-refractivity contribution in [2.75, 3.05) is 10.7 Å². The summed E-state index contributed by atoms with van der Waals surface area (Å²) in [5, 5.41) is 9.06. The minimum Gasteiger partial charge on any atom is -0.411 e. The van der Waals surface area contributed by atoms with Gasteiger partial charge in [0.1, 0.15) is 0 Å². The summed E-state index contributed by atoms with van der Waals surface area (Å²) in [6, 6.07) is 26.2. The largest absolute Gasteiger partial charge is 0.411 e. The van der Waals surface area contributed by atoms with E-state index in [1.165, 1.54) is 11.8 Å². The van der Waals surface area contributed by atoms with Gasteiger partial charge in [-0.05, 0) is 48.5 Å². The Labute approximate surface area is 177 Å². The van der Waals surface area contributed by atoms with Crippen LogP contribution < -0.4 is 4.90 Å². The van der Waals surface area contributed by atoms with Gasteiger partial charge < -0.3 is 4.42 Å². The van der Waals surface area contributed by atoms with Crippen LogP contribution in [0.25, 0.3) is 11.5 Å². The fraction of sp³-hybridized carbons (Fsp3) is 0.0455. The lowest BCUT2D eigenvalue weighted by molar-refractivity contribution is -0.115. The molecule has 1 heterocycles. The molecule has 0 saturated carbocycles. The number of carbonyl (C=O) groups excluding carboxylic acids is 1. The van der Waals surface area contributed by atoms with Crippen molar-refractivity contribution < 1.29 is 9.21 Å². The van der Waals surface area contributed by atoms with Gasteiger partial charge >= 0.3 is 0 Å². The molecule has 29 heavy (non-hydrogen) atoms. The third-order valence-corrected chi connectivity index (χ3v) is 5.15. The number of thioether (sulfide) groups is 1. The van der Waals surface area contributed by atoms with Crippen LogP contribution in [0, 0.1) is 0 Å². The molecule has 5 nitrogen and oxygen atoms in total. The number of para-hydroxylation sites is 2. The van der Waals surface area contributed by atoms with Crippen molar-refractivity contribution >= 4 is 40.6 Å². The summed E-state index contributed by atoms with van der Waals surface area (Å²) in [6.45, 7) is 0. The maximum absolute atomic E-state index is 13.0. The SMILES string of the molecule is O=C(CSc1nnc(-c2ccc(Cl)cc2)o1)N(c1ccccc1)c1ccccc1. The normalized spacial score (nSPS) is 10.7. The number of benzene rings is 3. The molecule has 0 bridgehead atoms. The zero-order valence-electron chi connectivity index (χ0n) is 15.2. The number of halogens is 1. The molecule has 0 radical (unpaired) electrons. The first-order chi connectivity index (χ1) is 14.2. The standard InChI is InChI=1S/C22H16ClN3O2S/c23-17-13-11-16(12-14-17)21-24-25-22(28-21)29-15-20(27)26(18-7-3-1-4-8-18)19-9-5-2-6-10-19/h1-14H,15H2. The highest BCUT2D eigenvalue weighted by atomic mass is 35.5. The Hall–Kier alpha value is -3.09. The van der Waals surface area contributed by atoms with Crippen molar-refractivity contribution in [3.05, 3.63) is 90.0 Å². The molecule has 0 N–H and O–H groups in total. The summed E-state index contributed by atoms with van der Waals surface area (Å²) in [6.07, 6.45) is 0. The summed E-state index contributed by atoms with van der Waals surface area (Å²) < 4.78 is 5.68. The molecule has 0 fully saturated rings. The second-order valence-corrected chi connectivity index (χ2v) is 7.43. The summed E-state index contributed by atoms with van der Waals surface area (Å²) >= 11 is 7.11. The lowest BCUT2D eigenvalue weighted by atomic mass is 10.2. The zero-order valence-corrected chi connectivity index (χ0v) is 16.8. The van der Waals surface area contributed by atoms with Crippen molar-refractivity contribution in [3.63, 3.8) is 0 Å². The van der Waals surface area contributed by atoms with Crippen LogP contribution in [0.15, 0.2) is 94.6 Å². The number of hydrogen-bond donors (Lipinski definition) is 0. The molecule has 0 aliphatic heterocycles. The molecule has 0 spiro atoms. The highest BCUT2D eigenvalue weighted by molar-refractivity contribution is 7.99. The number of nitrogens with zero attached hydrogens (tertiary/aromatic N) is 3. The van der Waals surface area contributed by atoms with Gasteiger partial charge in [-0.1, -0.05) is 59.8 Å². The zero-order chi connectivity index (χ0) is 20.1. The lowest BCUT2D eigenvalue weighted by Crippen LogP contribution is -2.27. The Morgan fingerprint density at radius 2 is 1.45 bits per heavy atom. The van der Waals surface area contributed by atoms with Crippen LogP contribution in [-0.2, 0) is 4.79 Å². The van der Waals surface area contributed by atoms with Gasteiger partial charge in [0.25, 0.3) is 5.22 Å². The minimum atomic E-state index is -0.0846. The number of rotatable bonds is 6. The van der Waals surface area contributed by atoms with Crippen LogP contribution in [0.3, 0.4) is 0 Å². The minimum absolute atomic E-state index is 0.0846. The fourth-order valence-electron chi connectivity index (χ4n) is 2.76. The monoisotopic (exact) mass is 421 g/mol. The number of amides is 1. The Balaban J connectivity index is 1.49. The molecule has 0 aliphatic rings. The van der Waals surface area contributed by atoms with E-state index in [4.69, 9.17) is 16.0 Å². The van der Waals surface area contributed by atoms with E-state index in [2.05, 4.69) is 10.2 Å². The smallest absolute Gasteiger partial charge is 0.277 e. The molecule has 0 unspecified atom stereocenters. The summed E-state index contributed by atoms with van der Waals surface area (Å²) in [4.78, 5) is 14.7. The van der Waals surface area contributed by atoms with E-state index >= 15 is 0 Å². The molecular formula is C22H16ClN3O2S. The first-order valence-electron chi connectivity index (χ1n) is 8.86. The summed E-state index contributed by atoms with van der Waals surface area (Å²) in [5.41, 5.74) is 2.38. The van der Waals surface area contributed by atoms with Crippen molar-refractivity contribution in [1.82, 2.24) is 10.2 Å². The first kappa shape index (κ1) is 19.2. The topological polar surface area (TPSA) is 59.2 Å². The quantitative estimate of drug-likeness (QED) is 0.365. The van der Waals surface area contributed by atoms with Crippen LogP contribution in [0.2, 0.25) is 5.02 Å². The third-order valence-electron chi connectivity index (χ3n) is 4.09. The Kier molecular flexibility index (Phi) is 5.93. The van der Waals surface area contributed by atoms with Gasteiger partial charge in [0.2, 0.25) is 11.8 Å². The molecule has 0 atom stereocenters. The number of anilines is 2. The van der Waals surface area contributed by atoms with Gasteiger partial charge in [-0.2, -0.15) is 0 Å². The van der Waals surface area contributed by atoms with Crippen molar-refractivity contribution in [1.29, 1.82) is 0 Å². The van der Waals surface area contributed by atoms with Crippen molar-refractivity contribution in [2.24, 2.45) is 0 Å². The van der Waals surface area contributed by atoms with Crippen LogP contribution >= 0.6 is 23.4 Å². The van der Waals surface area contributed by atoms with Gasteiger partial charge in [-0.15, -0.1) is 10.2 Å². The molecule has 4 aromatic rings. The molecule has 0 saturated heterocycles. The predicted octanol–water partition coefficient (Wildman–Crippen LogP) is 5.85. The number of carbonyl (C=O) groups is 1. The van der Waals surface area contributed by atoms with Crippen molar-refractivity contribution in [3.8, 4) is 11.5 Å². The highest BCUT2D eigenvalue weighted by Crippen LogP contribution is 2.28. The maximum Gasteiger partial charge on any atom is 0.277 e. The molecule has 0 aliphatic carbocycles. The molecule has 7 heteroatoms. The maximum atomic E-state index is 13.0. The van der Waals surface area contributed by atoms with E-state index in [1.807, 2.05) is 72.8 Å². The third kappa shape index (κ3) is 4.67. The van der Waals surface area contributed by atoms with E-state index in [0.29, 0.717) is 16.1 Å². The molecule has 1 aromatic heterocycles. The van der Waals surface area contributed by atoms with E-state index in [1.54, 1.807) is 17.0 Å².